The molecule has 2 rings (SSSR count). The average Bonchev–Trinajstić information content (AvgIpc) is 2.46. The quantitative estimate of drug-likeness (QED) is 0.668. The van der Waals surface area contributed by atoms with E-state index < -0.39 is 0 Å². The van der Waals surface area contributed by atoms with Gasteiger partial charge in [-0.3, -0.25) is 0 Å². The van der Waals surface area contributed by atoms with Gasteiger partial charge in [0.1, 0.15) is 11.5 Å². The molecule has 2 aromatic carbocycles. The minimum atomic E-state index is 0.315. The van der Waals surface area contributed by atoms with Gasteiger partial charge in [0.25, 0.3) is 0 Å². The highest BCUT2D eigenvalue weighted by Crippen LogP contribution is 2.23. The molecule has 4 nitrogen and oxygen atoms in total. The molecule has 4 heteroatoms. The smallest absolute Gasteiger partial charge is 0.121 e. The Hall–Kier alpha value is -2.62. The van der Waals surface area contributed by atoms with Gasteiger partial charge in [0.05, 0.1) is 12.4 Å². The third-order valence-electron chi connectivity index (χ3n) is 3.51. The fourth-order valence-electron chi connectivity index (χ4n) is 2.33. The maximum atomic E-state index is 9.73. The summed E-state index contributed by atoms with van der Waals surface area (Å²) in [5.41, 5.74) is 5.04. The van der Waals surface area contributed by atoms with Crippen molar-refractivity contribution in [3.63, 3.8) is 0 Å². The van der Waals surface area contributed by atoms with E-state index >= 15 is 0 Å². The Morgan fingerprint density at radius 1 is 0.636 bits per heavy atom. The van der Waals surface area contributed by atoms with Gasteiger partial charge >= 0.3 is 0 Å². The molecule has 0 aliphatic heterocycles. The number of hydrogen-bond acceptors (Lipinski definition) is 4. The van der Waals surface area contributed by atoms with Crippen LogP contribution in [0.4, 0.5) is 0 Å². The molecule has 0 heterocycles. The first-order valence-corrected chi connectivity index (χ1v) is 7.05. The molecular weight excluding hydrogens is 276 g/mol. The van der Waals surface area contributed by atoms with E-state index in [-0.39, 0.29) is 0 Å². The summed E-state index contributed by atoms with van der Waals surface area (Å²) in [5.74, 6) is 0.631. The molecule has 0 aliphatic rings. The molecule has 0 fully saturated rings. The molecule has 0 saturated carbocycles. The van der Waals surface area contributed by atoms with Crippen LogP contribution in [0.25, 0.3) is 0 Å². The first-order valence-electron chi connectivity index (χ1n) is 7.05. The van der Waals surface area contributed by atoms with Crippen molar-refractivity contribution in [1.29, 1.82) is 0 Å². The highest BCUT2D eigenvalue weighted by molar-refractivity contribution is 5.84. The van der Waals surface area contributed by atoms with E-state index in [1.165, 1.54) is 0 Å². The Morgan fingerprint density at radius 3 is 1.18 bits per heavy atom. The van der Waals surface area contributed by atoms with Crippen LogP contribution in [0.15, 0.2) is 34.5 Å². The second-order valence-electron chi connectivity index (χ2n) is 5.50. The second kappa shape index (κ2) is 6.43. The van der Waals surface area contributed by atoms with Crippen molar-refractivity contribution in [2.24, 2.45) is 10.2 Å². The summed E-state index contributed by atoms with van der Waals surface area (Å²) >= 11 is 0. The Labute approximate surface area is 130 Å². The molecule has 0 atom stereocenters. The summed E-state index contributed by atoms with van der Waals surface area (Å²) in [6.45, 7) is 7.41. The number of rotatable bonds is 3. The topological polar surface area (TPSA) is 65.2 Å². The average molecular weight is 296 g/mol. The van der Waals surface area contributed by atoms with Gasteiger partial charge in [0.15, 0.2) is 0 Å². The van der Waals surface area contributed by atoms with Crippen LogP contribution in [-0.2, 0) is 0 Å². The van der Waals surface area contributed by atoms with Crippen LogP contribution in [0.3, 0.4) is 0 Å². The van der Waals surface area contributed by atoms with Gasteiger partial charge in [-0.05, 0) is 85.3 Å². The van der Waals surface area contributed by atoms with Gasteiger partial charge < -0.3 is 10.2 Å². The van der Waals surface area contributed by atoms with Crippen molar-refractivity contribution >= 4 is 12.4 Å². The monoisotopic (exact) mass is 296 g/mol. The van der Waals surface area contributed by atoms with Crippen LogP contribution in [0, 0.1) is 27.7 Å². The maximum absolute atomic E-state index is 9.73. The third kappa shape index (κ3) is 3.52. The van der Waals surface area contributed by atoms with E-state index in [4.69, 9.17) is 0 Å². The minimum Gasteiger partial charge on any atom is -0.507 e. The number of benzene rings is 2. The summed E-state index contributed by atoms with van der Waals surface area (Å²) in [6.07, 6.45) is 3.30. The SMILES string of the molecule is Cc1cc(C=NN=Cc2cc(C)c(O)c(C)c2)cc(C)c1O. The molecule has 2 aromatic rings. The van der Waals surface area contributed by atoms with E-state index in [0.717, 1.165) is 33.4 Å². The second-order valence-corrected chi connectivity index (χ2v) is 5.50. The van der Waals surface area contributed by atoms with Crippen LogP contribution in [0.1, 0.15) is 33.4 Å². The molecule has 2 N–H and O–H groups in total. The molecule has 0 bridgehead atoms. The zero-order valence-electron chi connectivity index (χ0n) is 13.3. The Bertz CT molecular complexity index is 650. The number of phenols is 2. The molecular formula is C18H20N2O2. The summed E-state index contributed by atoms with van der Waals surface area (Å²) in [6, 6.07) is 7.43. The molecule has 0 radical (unpaired) electrons. The largest absolute Gasteiger partial charge is 0.507 e. The van der Waals surface area contributed by atoms with Gasteiger partial charge in [-0.15, -0.1) is 0 Å². The van der Waals surface area contributed by atoms with E-state index in [1.807, 2.05) is 52.0 Å². The zero-order chi connectivity index (χ0) is 16.3. The normalized spacial score (nSPS) is 11.6. The van der Waals surface area contributed by atoms with Crippen LogP contribution in [-0.4, -0.2) is 22.6 Å². The molecule has 22 heavy (non-hydrogen) atoms. The molecule has 0 aromatic heterocycles. The lowest BCUT2D eigenvalue weighted by molar-refractivity contribution is 0.466. The summed E-state index contributed by atoms with van der Waals surface area (Å²) in [5, 5.41) is 27.5. The van der Waals surface area contributed by atoms with Crippen molar-refractivity contribution in [2.45, 2.75) is 27.7 Å². The molecule has 0 amide bonds. The van der Waals surface area contributed by atoms with Crippen LogP contribution in [0.5, 0.6) is 11.5 Å². The minimum absolute atomic E-state index is 0.315. The lowest BCUT2D eigenvalue weighted by Gasteiger charge is -2.04. The summed E-state index contributed by atoms with van der Waals surface area (Å²) in [7, 11) is 0. The van der Waals surface area contributed by atoms with Gasteiger partial charge in [-0.25, -0.2) is 0 Å². The van der Waals surface area contributed by atoms with Gasteiger partial charge in [-0.2, -0.15) is 10.2 Å². The number of aryl methyl sites for hydroxylation is 4. The van der Waals surface area contributed by atoms with Crippen LogP contribution < -0.4 is 0 Å². The van der Waals surface area contributed by atoms with Crippen molar-refractivity contribution in [1.82, 2.24) is 0 Å². The standard InChI is InChI=1S/C18H20N2O2/c1-11-5-15(6-12(2)17(11)21)9-19-20-10-16-7-13(3)18(22)14(4)8-16/h5-10,21-22H,1-4H3. The van der Waals surface area contributed by atoms with Crippen molar-refractivity contribution in [2.75, 3.05) is 0 Å². The predicted octanol–water partition coefficient (Wildman–Crippen LogP) is 3.78. The first-order chi connectivity index (χ1) is 10.4. The third-order valence-corrected chi connectivity index (χ3v) is 3.51. The van der Waals surface area contributed by atoms with E-state index in [9.17, 15) is 10.2 Å². The Morgan fingerprint density at radius 2 is 0.909 bits per heavy atom. The maximum Gasteiger partial charge on any atom is 0.121 e. The van der Waals surface area contributed by atoms with Crippen LogP contribution >= 0.6 is 0 Å². The highest BCUT2D eigenvalue weighted by Gasteiger charge is 2.02. The van der Waals surface area contributed by atoms with Crippen molar-refractivity contribution in [3.8, 4) is 11.5 Å². The Balaban J connectivity index is 2.16. The van der Waals surface area contributed by atoms with E-state index in [1.54, 1.807) is 12.4 Å². The van der Waals surface area contributed by atoms with E-state index in [2.05, 4.69) is 10.2 Å². The van der Waals surface area contributed by atoms with Gasteiger partial charge in [0.2, 0.25) is 0 Å². The number of phenolic OH excluding ortho intramolecular Hbond substituents is 2. The van der Waals surface area contributed by atoms with Crippen molar-refractivity contribution < 1.29 is 10.2 Å². The fraction of sp³-hybridized carbons (Fsp3) is 0.222. The van der Waals surface area contributed by atoms with E-state index in [0.29, 0.717) is 11.5 Å². The lowest BCUT2D eigenvalue weighted by atomic mass is 10.1. The summed E-state index contributed by atoms with van der Waals surface area (Å²) in [4.78, 5) is 0. The van der Waals surface area contributed by atoms with Gasteiger partial charge in [-0.1, -0.05) is 0 Å². The van der Waals surface area contributed by atoms with Gasteiger partial charge in [0, 0.05) is 0 Å². The summed E-state index contributed by atoms with van der Waals surface area (Å²) < 4.78 is 0. The zero-order valence-corrected chi connectivity index (χ0v) is 13.3. The lowest BCUT2D eigenvalue weighted by Crippen LogP contribution is -1.88. The molecule has 0 spiro atoms. The van der Waals surface area contributed by atoms with Crippen LogP contribution in [0.2, 0.25) is 0 Å². The fourth-order valence-corrected chi connectivity index (χ4v) is 2.33. The molecule has 0 aliphatic carbocycles. The number of nitrogens with zero attached hydrogens (tertiary/aromatic N) is 2. The predicted molar refractivity (Wildman–Crippen MR) is 90.3 cm³/mol. The number of aromatic hydroxyl groups is 2. The highest BCUT2D eigenvalue weighted by atomic mass is 16.3. The molecule has 0 unspecified atom stereocenters. The first kappa shape index (κ1) is 15.8. The number of hydrogen-bond donors (Lipinski definition) is 2. The molecule has 114 valence electrons. The van der Waals surface area contributed by atoms with Crippen molar-refractivity contribution in [3.05, 3.63) is 57.6 Å². The molecule has 0 saturated heterocycles. The Kier molecular flexibility index (Phi) is 4.61.